The van der Waals surface area contributed by atoms with Crippen molar-refractivity contribution in [2.24, 2.45) is 0 Å². The van der Waals surface area contributed by atoms with E-state index in [1.165, 1.54) is 6.07 Å². The molecule has 1 atom stereocenters. The lowest BCUT2D eigenvalue weighted by atomic mass is 10.1. The molecular formula is C12H18N2O3. The molecule has 1 rings (SSSR count). The molecule has 17 heavy (non-hydrogen) atoms. The van der Waals surface area contributed by atoms with Crippen LogP contribution < -0.4 is 11.1 Å². The lowest BCUT2D eigenvalue weighted by Crippen LogP contribution is -2.23. The molecule has 0 aliphatic carbocycles. The highest BCUT2D eigenvalue weighted by atomic mass is 16.5. The Bertz CT molecular complexity index is 393. The fourth-order valence-corrected chi connectivity index (χ4v) is 1.47. The number of carboxylic acids is 1. The van der Waals surface area contributed by atoms with Gasteiger partial charge in [0.2, 0.25) is 0 Å². The van der Waals surface area contributed by atoms with Crippen LogP contribution in [0.4, 0.5) is 11.4 Å². The first-order valence-corrected chi connectivity index (χ1v) is 5.51. The Morgan fingerprint density at radius 1 is 1.59 bits per heavy atom. The van der Waals surface area contributed by atoms with Crippen LogP contribution in [0.25, 0.3) is 0 Å². The fourth-order valence-electron chi connectivity index (χ4n) is 1.47. The third kappa shape index (κ3) is 3.96. The first-order chi connectivity index (χ1) is 8.04. The molecule has 0 saturated carbocycles. The van der Waals surface area contributed by atoms with E-state index in [4.69, 9.17) is 15.6 Å². The summed E-state index contributed by atoms with van der Waals surface area (Å²) in [6, 6.07) is 4.70. The van der Waals surface area contributed by atoms with Gasteiger partial charge in [-0.05, 0) is 32.0 Å². The van der Waals surface area contributed by atoms with Gasteiger partial charge in [0.05, 0.1) is 17.9 Å². The van der Waals surface area contributed by atoms with Crippen molar-refractivity contribution < 1.29 is 14.6 Å². The lowest BCUT2D eigenvalue weighted by molar-refractivity contribution is 0.0697. The molecule has 94 valence electrons. The van der Waals surface area contributed by atoms with Crippen molar-refractivity contribution in [2.45, 2.75) is 19.9 Å². The van der Waals surface area contributed by atoms with Gasteiger partial charge < -0.3 is 20.9 Å². The Labute approximate surface area is 101 Å². The van der Waals surface area contributed by atoms with Gasteiger partial charge >= 0.3 is 5.97 Å². The summed E-state index contributed by atoms with van der Waals surface area (Å²) in [7, 11) is 0. The Morgan fingerprint density at radius 2 is 2.29 bits per heavy atom. The lowest BCUT2D eigenvalue weighted by Gasteiger charge is -2.17. The molecule has 4 N–H and O–H groups in total. The minimum Gasteiger partial charge on any atom is -0.478 e. The number of rotatable bonds is 6. The van der Waals surface area contributed by atoms with Gasteiger partial charge in [-0.3, -0.25) is 0 Å². The van der Waals surface area contributed by atoms with Crippen LogP contribution in [0.2, 0.25) is 0 Å². The van der Waals surface area contributed by atoms with E-state index in [9.17, 15) is 4.79 Å². The van der Waals surface area contributed by atoms with Crippen molar-refractivity contribution in [3.63, 3.8) is 0 Å². The van der Waals surface area contributed by atoms with Crippen molar-refractivity contribution in [3.8, 4) is 0 Å². The summed E-state index contributed by atoms with van der Waals surface area (Å²) >= 11 is 0. The van der Waals surface area contributed by atoms with Gasteiger partial charge in [0.15, 0.2) is 0 Å². The standard InChI is InChI=1S/C12H18N2O3/c1-3-17-7-8(2)14-11-6-9(13)4-5-10(11)12(15)16/h4-6,8,14H,3,7,13H2,1-2H3,(H,15,16). The highest BCUT2D eigenvalue weighted by molar-refractivity contribution is 5.95. The number of hydrogen-bond acceptors (Lipinski definition) is 4. The van der Waals surface area contributed by atoms with Gasteiger partial charge in [-0.25, -0.2) is 4.79 Å². The molecule has 5 nitrogen and oxygen atoms in total. The summed E-state index contributed by atoms with van der Waals surface area (Å²) in [5.74, 6) is -0.976. The number of anilines is 2. The number of nitrogens with two attached hydrogens (primary N) is 1. The molecule has 0 aromatic heterocycles. The SMILES string of the molecule is CCOCC(C)Nc1cc(N)ccc1C(=O)O. The van der Waals surface area contributed by atoms with Crippen molar-refractivity contribution in [1.29, 1.82) is 0 Å². The van der Waals surface area contributed by atoms with Crippen LogP contribution in [0.3, 0.4) is 0 Å². The van der Waals surface area contributed by atoms with Crippen LogP contribution in [0.15, 0.2) is 18.2 Å². The van der Waals surface area contributed by atoms with Crippen molar-refractivity contribution in [3.05, 3.63) is 23.8 Å². The van der Waals surface area contributed by atoms with E-state index in [0.29, 0.717) is 24.6 Å². The molecule has 0 heterocycles. The summed E-state index contributed by atoms with van der Waals surface area (Å²) in [5.41, 5.74) is 6.90. The molecule has 1 aromatic rings. The van der Waals surface area contributed by atoms with E-state index >= 15 is 0 Å². The second-order valence-electron chi connectivity index (χ2n) is 3.82. The minimum absolute atomic E-state index is 0.0230. The first kappa shape index (κ1) is 13.3. The van der Waals surface area contributed by atoms with E-state index in [1.807, 2.05) is 13.8 Å². The number of nitrogens with one attached hydrogen (secondary N) is 1. The zero-order valence-electron chi connectivity index (χ0n) is 10.1. The van der Waals surface area contributed by atoms with Crippen LogP contribution in [0.5, 0.6) is 0 Å². The molecule has 0 bridgehead atoms. The molecule has 0 fully saturated rings. The maximum atomic E-state index is 11.0. The zero-order valence-corrected chi connectivity index (χ0v) is 10.1. The minimum atomic E-state index is -0.976. The van der Waals surface area contributed by atoms with Crippen LogP contribution >= 0.6 is 0 Å². The Balaban J connectivity index is 2.81. The first-order valence-electron chi connectivity index (χ1n) is 5.51. The Hall–Kier alpha value is -1.75. The largest absolute Gasteiger partial charge is 0.478 e. The third-order valence-corrected chi connectivity index (χ3v) is 2.25. The van der Waals surface area contributed by atoms with Crippen molar-refractivity contribution in [2.75, 3.05) is 24.3 Å². The van der Waals surface area contributed by atoms with Crippen molar-refractivity contribution >= 4 is 17.3 Å². The number of carboxylic acid groups (broad SMARTS) is 1. The molecule has 1 unspecified atom stereocenters. The summed E-state index contributed by atoms with van der Waals surface area (Å²) in [6.45, 7) is 4.99. The summed E-state index contributed by atoms with van der Waals surface area (Å²) in [5, 5.41) is 12.1. The molecule has 5 heteroatoms. The third-order valence-electron chi connectivity index (χ3n) is 2.25. The topological polar surface area (TPSA) is 84.6 Å². The predicted molar refractivity (Wildman–Crippen MR) is 67.4 cm³/mol. The number of nitrogen functional groups attached to an aromatic ring is 1. The number of ether oxygens (including phenoxy) is 1. The average molecular weight is 238 g/mol. The maximum Gasteiger partial charge on any atom is 0.337 e. The Kier molecular flexibility index (Phi) is 4.78. The molecule has 0 radical (unpaired) electrons. The fraction of sp³-hybridized carbons (Fsp3) is 0.417. The Morgan fingerprint density at radius 3 is 2.88 bits per heavy atom. The molecule has 0 spiro atoms. The van der Waals surface area contributed by atoms with Gasteiger partial charge in [0.25, 0.3) is 0 Å². The van der Waals surface area contributed by atoms with E-state index in [1.54, 1.807) is 12.1 Å². The summed E-state index contributed by atoms with van der Waals surface area (Å²) < 4.78 is 5.26. The molecular weight excluding hydrogens is 220 g/mol. The molecule has 1 aromatic carbocycles. The summed E-state index contributed by atoms with van der Waals surface area (Å²) in [4.78, 5) is 11.0. The van der Waals surface area contributed by atoms with Crippen LogP contribution in [0, 0.1) is 0 Å². The number of benzene rings is 1. The monoisotopic (exact) mass is 238 g/mol. The van der Waals surface area contributed by atoms with Gasteiger partial charge in [0, 0.05) is 18.3 Å². The van der Waals surface area contributed by atoms with Crippen LogP contribution in [0.1, 0.15) is 24.2 Å². The second-order valence-corrected chi connectivity index (χ2v) is 3.82. The maximum absolute atomic E-state index is 11.0. The molecule has 0 amide bonds. The quantitative estimate of drug-likeness (QED) is 0.658. The zero-order chi connectivity index (χ0) is 12.8. The van der Waals surface area contributed by atoms with E-state index in [0.717, 1.165) is 0 Å². The van der Waals surface area contributed by atoms with Gasteiger partial charge in [-0.2, -0.15) is 0 Å². The van der Waals surface area contributed by atoms with E-state index < -0.39 is 5.97 Å². The van der Waals surface area contributed by atoms with E-state index in [2.05, 4.69) is 5.32 Å². The van der Waals surface area contributed by atoms with Gasteiger partial charge in [-0.15, -0.1) is 0 Å². The highest BCUT2D eigenvalue weighted by Crippen LogP contribution is 2.20. The van der Waals surface area contributed by atoms with Gasteiger partial charge in [0.1, 0.15) is 0 Å². The molecule has 0 aliphatic rings. The number of aromatic carboxylic acids is 1. The smallest absolute Gasteiger partial charge is 0.337 e. The molecule has 0 aliphatic heterocycles. The van der Waals surface area contributed by atoms with E-state index in [-0.39, 0.29) is 11.6 Å². The number of carbonyl (C=O) groups is 1. The highest BCUT2D eigenvalue weighted by Gasteiger charge is 2.12. The normalized spacial score (nSPS) is 12.1. The van der Waals surface area contributed by atoms with Crippen LogP contribution in [-0.2, 0) is 4.74 Å². The summed E-state index contributed by atoms with van der Waals surface area (Å²) in [6.07, 6.45) is 0. The van der Waals surface area contributed by atoms with Crippen molar-refractivity contribution in [1.82, 2.24) is 0 Å². The predicted octanol–water partition coefficient (Wildman–Crippen LogP) is 1.80. The van der Waals surface area contributed by atoms with Crippen LogP contribution in [-0.4, -0.2) is 30.3 Å². The second kappa shape index (κ2) is 6.10. The average Bonchev–Trinajstić information content (AvgIpc) is 2.26. The number of hydrogen-bond donors (Lipinski definition) is 3. The molecule has 0 saturated heterocycles. The van der Waals surface area contributed by atoms with Gasteiger partial charge in [-0.1, -0.05) is 0 Å².